The molecule has 23 heavy (non-hydrogen) atoms. The van der Waals surface area contributed by atoms with Crippen LogP contribution in [0.5, 0.6) is 0 Å². The molecule has 0 saturated carbocycles. The molecule has 0 saturated heterocycles. The van der Waals surface area contributed by atoms with Crippen LogP contribution in [0.2, 0.25) is 0 Å². The zero-order valence-corrected chi connectivity index (χ0v) is 13.8. The minimum Gasteiger partial charge on any atom is -0.377 e. The maximum Gasteiger partial charge on any atom is 0.472 e. The van der Waals surface area contributed by atoms with Gasteiger partial charge in [-0.1, -0.05) is 42.1 Å². The highest BCUT2D eigenvalue weighted by Gasteiger charge is 2.20. The van der Waals surface area contributed by atoms with E-state index in [1.54, 1.807) is 6.08 Å². The minimum atomic E-state index is -4.08. The van der Waals surface area contributed by atoms with E-state index in [-0.39, 0.29) is 19.8 Å². The van der Waals surface area contributed by atoms with Gasteiger partial charge in [0, 0.05) is 6.61 Å². The standard InChI is InChI=1S/C15H22NO6P/c1-2-14-5-7-15(8-6-14)13-20-10-3-4-11-21-23(18,19)22-12-9-16-17/h2,5-8H,1,3-4,9-13H2,(H,18,19). The summed E-state index contributed by atoms with van der Waals surface area (Å²) in [5.41, 5.74) is 2.13. The number of hydrogen-bond acceptors (Lipinski definition) is 6. The first-order chi connectivity index (χ1) is 11.1. The predicted molar refractivity (Wildman–Crippen MR) is 87.8 cm³/mol. The minimum absolute atomic E-state index is 0.0830. The van der Waals surface area contributed by atoms with Crippen molar-refractivity contribution >= 4 is 13.9 Å². The molecule has 0 aliphatic rings. The quantitative estimate of drug-likeness (QED) is 0.334. The van der Waals surface area contributed by atoms with E-state index in [1.807, 2.05) is 24.3 Å². The summed E-state index contributed by atoms with van der Waals surface area (Å²) in [6.45, 7) is 4.40. The van der Waals surface area contributed by atoms with Crippen LogP contribution in [0.4, 0.5) is 0 Å². The lowest BCUT2D eigenvalue weighted by Gasteiger charge is -2.11. The normalized spacial score (nSPS) is 13.4. The molecule has 0 aliphatic carbocycles. The predicted octanol–water partition coefficient (Wildman–Crippen LogP) is 3.53. The third-order valence-corrected chi connectivity index (χ3v) is 3.88. The first-order valence-electron chi connectivity index (χ1n) is 7.27. The Balaban J connectivity index is 2.05. The maximum absolute atomic E-state index is 11.3. The third kappa shape index (κ3) is 9.38. The second-order valence-corrected chi connectivity index (χ2v) is 6.15. The molecule has 7 nitrogen and oxygen atoms in total. The van der Waals surface area contributed by atoms with Crippen molar-refractivity contribution in [3.63, 3.8) is 0 Å². The number of phosphoric ester groups is 1. The van der Waals surface area contributed by atoms with Crippen LogP contribution in [-0.2, 0) is 25.0 Å². The molecule has 1 rings (SSSR count). The monoisotopic (exact) mass is 343 g/mol. The molecule has 128 valence electrons. The van der Waals surface area contributed by atoms with Crippen molar-refractivity contribution in [2.75, 3.05) is 26.4 Å². The van der Waals surface area contributed by atoms with Crippen LogP contribution >= 0.6 is 7.82 Å². The summed E-state index contributed by atoms with van der Waals surface area (Å²) in [4.78, 5) is 19.1. The number of nitroso groups, excluding NO2 is 1. The summed E-state index contributed by atoms with van der Waals surface area (Å²) < 4.78 is 26.1. The van der Waals surface area contributed by atoms with Crippen LogP contribution in [-0.4, -0.2) is 31.3 Å². The average molecular weight is 343 g/mol. The smallest absolute Gasteiger partial charge is 0.377 e. The van der Waals surface area contributed by atoms with Gasteiger partial charge < -0.3 is 9.63 Å². The third-order valence-electron chi connectivity index (χ3n) is 2.86. The summed E-state index contributed by atoms with van der Waals surface area (Å²) >= 11 is 0. The van der Waals surface area contributed by atoms with Crippen LogP contribution in [0.15, 0.2) is 36.0 Å². The Morgan fingerprint density at radius 1 is 1.13 bits per heavy atom. The number of nitrogens with zero attached hydrogens (tertiary/aromatic N) is 1. The lowest BCUT2D eigenvalue weighted by molar-refractivity contribution is 0.108. The molecule has 1 aromatic carbocycles. The highest BCUT2D eigenvalue weighted by molar-refractivity contribution is 7.47. The molecule has 0 spiro atoms. The average Bonchev–Trinajstić information content (AvgIpc) is 2.54. The second kappa shape index (κ2) is 11.2. The molecule has 0 bridgehead atoms. The molecule has 1 aromatic rings. The number of ether oxygens (including phenoxy) is 1. The largest absolute Gasteiger partial charge is 0.472 e. The number of hydrogen-bond donors (Lipinski definition) is 1. The lowest BCUT2D eigenvalue weighted by atomic mass is 10.1. The Kier molecular flexibility index (Phi) is 9.59. The summed E-state index contributed by atoms with van der Waals surface area (Å²) in [5.74, 6) is 0. The fourth-order valence-corrected chi connectivity index (χ4v) is 2.40. The van der Waals surface area contributed by atoms with Gasteiger partial charge in [-0.05, 0) is 24.0 Å². The maximum atomic E-state index is 11.3. The van der Waals surface area contributed by atoms with Crippen molar-refractivity contribution in [1.29, 1.82) is 0 Å². The first-order valence-corrected chi connectivity index (χ1v) is 8.77. The van der Waals surface area contributed by atoms with Crippen molar-refractivity contribution in [3.8, 4) is 0 Å². The highest BCUT2D eigenvalue weighted by atomic mass is 31.2. The summed E-state index contributed by atoms with van der Waals surface area (Å²) in [6, 6.07) is 7.90. The molecule has 0 radical (unpaired) electrons. The molecule has 8 heteroatoms. The topological polar surface area (TPSA) is 94.4 Å². The molecule has 0 aromatic heterocycles. The van der Waals surface area contributed by atoms with Gasteiger partial charge in [-0.15, -0.1) is 0 Å². The molecule has 0 heterocycles. The van der Waals surface area contributed by atoms with Crippen molar-refractivity contribution in [2.45, 2.75) is 19.4 Å². The van der Waals surface area contributed by atoms with E-state index < -0.39 is 7.82 Å². The van der Waals surface area contributed by atoms with Crippen molar-refractivity contribution in [3.05, 3.63) is 46.9 Å². The zero-order valence-electron chi connectivity index (χ0n) is 12.9. The second-order valence-electron chi connectivity index (χ2n) is 4.69. The van der Waals surface area contributed by atoms with Crippen molar-refractivity contribution in [1.82, 2.24) is 0 Å². The zero-order chi connectivity index (χ0) is 17.0. The fourth-order valence-electron chi connectivity index (χ4n) is 1.66. The summed E-state index contributed by atoms with van der Waals surface area (Å²) in [5, 5.41) is 2.52. The Morgan fingerprint density at radius 3 is 2.43 bits per heavy atom. The Labute approximate surface area is 135 Å². The summed E-state index contributed by atoms with van der Waals surface area (Å²) in [7, 11) is -4.08. The number of phosphoric acid groups is 1. The Morgan fingerprint density at radius 2 is 1.78 bits per heavy atom. The van der Waals surface area contributed by atoms with E-state index in [1.165, 1.54) is 0 Å². The van der Waals surface area contributed by atoms with E-state index in [0.717, 1.165) is 11.1 Å². The fraction of sp³-hybridized carbons (Fsp3) is 0.467. The van der Waals surface area contributed by atoms with Crippen LogP contribution < -0.4 is 0 Å². The molecule has 0 amide bonds. The highest BCUT2D eigenvalue weighted by Crippen LogP contribution is 2.42. The first kappa shape index (κ1) is 19.7. The van der Waals surface area contributed by atoms with Crippen LogP contribution in [0.1, 0.15) is 24.0 Å². The van der Waals surface area contributed by atoms with Gasteiger partial charge in [0.25, 0.3) is 0 Å². The van der Waals surface area contributed by atoms with Gasteiger partial charge in [0.05, 0.1) is 19.8 Å². The van der Waals surface area contributed by atoms with Gasteiger partial charge in [-0.25, -0.2) is 4.57 Å². The van der Waals surface area contributed by atoms with E-state index in [4.69, 9.17) is 9.26 Å². The molecule has 1 atom stereocenters. The van der Waals surface area contributed by atoms with Gasteiger partial charge in [0.15, 0.2) is 0 Å². The van der Waals surface area contributed by atoms with Gasteiger partial charge in [0.2, 0.25) is 0 Å². The van der Waals surface area contributed by atoms with Gasteiger partial charge in [0.1, 0.15) is 6.54 Å². The Hall–Kier alpha value is -1.37. The molecule has 1 N–H and O–H groups in total. The van der Waals surface area contributed by atoms with E-state index in [9.17, 15) is 14.4 Å². The van der Waals surface area contributed by atoms with Crippen molar-refractivity contribution in [2.24, 2.45) is 5.18 Å². The summed E-state index contributed by atoms with van der Waals surface area (Å²) in [6.07, 6.45) is 3.04. The molecular weight excluding hydrogens is 321 g/mol. The van der Waals surface area contributed by atoms with Crippen LogP contribution in [0.3, 0.4) is 0 Å². The number of unbranched alkanes of at least 4 members (excludes halogenated alkanes) is 1. The van der Waals surface area contributed by atoms with Crippen LogP contribution in [0.25, 0.3) is 6.08 Å². The molecule has 0 aliphatic heterocycles. The number of rotatable bonds is 13. The molecular formula is C15H22NO6P. The molecule has 1 unspecified atom stereocenters. The van der Waals surface area contributed by atoms with E-state index in [2.05, 4.69) is 16.3 Å². The van der Waals surface area contributed by atoms with E-state index in [0.29, 0.717) is 26.1 Å². The van der Waals surface area contributed by atoms with Gasteiger partial charge >= 0.3 is 7.82 Å². The van der Waals surface area contributed by atoms with Gasteiger partial charge in [-0.2, -0.15) is 4.91 Å². The van der Waals surface area contributed by atoms with Crippen LogP contribution in [0, 0.1) is 4.91 Å². The Bertz CT molecular complexity index is 519. The van der Waals surface area contributed by atoms with Gasteiger partial charge in [-0.3, -0.25) is 9.05 Å². The van der Waals surface area contributed by atoms with E-state index >= 15 is 0 Å². The number of benzene rings is 1. The molecule has 0 fully saturated rings. The lowest BCUT2D eigenvalue weighted by Crippen LogP contribution is -2.02. The van der Waals surface area contributed by atoms with Crippen molar-refractivity contribution < 1.29 is 23.2 Å². The SMILES string of the molecule is C=Cc1ccc(COCCCCOP(=O)(O)OCCN=O)cc1.